The van der Waals surface area contributed by atoms with Gasteiger partial charge in [0.15, 0.2) is 0 Å². The molecule has 0 aliphatic heterocycles. The summed E-state index contributed by atoms with van der Waals surface area (Å²) in [4.78, 5) is 16.8. The van der Waals surface area contributed by atoms with Crippen molar-refractivity contribution < 1.29 is 4.79 Å². The summed E-state index contributed by atoms with van der Waals surface area (Å²) in [6.07, 6.45) is 3.91. The Hall–Kier alpha value is -2.59. The van der Waals surface area contributed by atoms with Crippen LogP contribution in [0.3, 0.4) is 0 Å². The number of imidazole rings is 1. The Bertz CT molecular complexity index is 845. The molecule has 0 bridgehead atoms. The third-order valence-corrected chi connectivity index (χ3v) is 4.58. The number of aryl methyl sites for hydroxylation is 1. The number of rotatable bonds is 6. The first-order chi connectivity index (χ1) is 12.1. The summed E-state index contributed by atoms with van der Waals surface area (Å²) >= 11 is 6.39. The number of nitrogens with zero attached hydrogens (tertiary/aromatic N) is 2. The van der Waals surface area contributed by atoms with E-state index in [0.29, 0.717) is 18.0 Å². The lowest BCUT2D eigenvalue weighted by atomic mass is 9.88. The van der Waals surface area contributed by atoms with Gasteiger partial charge < -0.3 is 9.88 Å². The molecule has 128 valence electrons. The van der Waals surface area contributed by atoms with Gasteiger partial charge in [0.1, 0.15) is 5.82 Å². The Labute approximate surface area is 152 Å². The molecule has 0 aliphatic carbocycles. The molecule has 0 saturated heterocycles. The molecule has 3 rings (SSSR count). The number of benzene rings is 2. The molecule has 0 spiro atoms. The first-order valence-corrected chi connectivity index (χ1v) is 8.55. The van der Waals surface area contributed by atoms with E-state index in [1.807, 2.05) is 72.4 Å². The van der Waals surface area contributed by atoms with E-state index in [1.165, 1.54) is 0 Å². The van der Waals surface area contributed by atoms with Gasteiger partial charge in [0.05, 0.1) is 6.54 Å². The van der Waals surface area contributed by atoms with Crippen molar-refractivity contribution in [2.45, 2.75) is 18.9 Å². The topological polar surface area (TPSA) is 46.9 Å². The number of carbonyl (C=O) groups is 1. The van der Waals surface area contributed by atoms with Crippen molar-refractivity contribution >= 4 is 17.5 Å². The van der Waals surface area contributed by atoms with Crippen LogP contribution in [0.15, 0.2) is 67.0 Å². The summed E-state index contributed by atoms with van der Waals surface area (Å²) in [5, 5.41) is 3.62. The maximum Gasteiger partial charge on any atom is 0.221 e. The molecule has 2 aromatic carbocycles. The minimum atomic E-state index is -0.0868. The number of carbonyl (C=O) groups excluding carboxylic acids is 1. The van der Waals surface area contributed by atoms with E-state index in [9.17, 15) is 4.79 Å². The Morgan fingerprint density at radius 2 is 1.88 bits per heavy atom. The Kier molecular flexibility index (Phi) is 5.51. The van der Waals surface area contributed by atoms with Gasteiger partial charge in [-0.2, -0.15) is 0 Å². The zero-order valence-electron chi connectivity index (χ0n) is 14.0. The molecule has 3 aromatic rings. The van der Waals surface area contributed by atoms with Crippen molar-refractivity contribution in [3.8, 4) is 0 Å². The van der Waals surface area contributed by atoms with Crippen LogP contribution in [0.2, 0.25) is 5.02 Å². The van der Waals surface area contributed by atoms with Crippen molar-refractivity contribution in [3.05, 3.63) is 89.0 Å². The highest BCUT2D eigenvalue weighted by molar-refractivity contribution is 6.31. The second-order valence-electron chi connectivity index (χ2n) is 5.92. The van der Waals surface area contributed by atoms with E-state index in [2.05, 4.69) is 10.3 Å². The zero-order valence-corrected chi connectivity index (χ0v) is 14.8. The van der Waals surface area contributed by atoms with Crippen LogP contribution in [-0.4, -0.2) is 15.5 Å². The second kappa shape index (κ2) is 7.99. The third kappa shape index (κ3) is 4.28. The fraction of sp³-hybridized carbons (Fsp3) is 0.200. The smallest absolute Gasteiger partial charge is 0.221 e. The molecular formula is C20H20ClN3O. The molecule has 1 amide bonds. The quantitative estimate of drug-likeness (QED) is 0.730. The third-order valence-electron chi connectivity index (χ3n) is 4.24. The average Bonchev–Trinajstić information content (AvgIpc) is 3.04. The van der Waals surface area contributed by atoms with E-state index in [0.717, 1.165) is 17.0 Å². The summed E-state index contributed by atoms with van der Waals surface area (Å²) in [5.41, 5.74) is 2.03. The Morgan fingerprint density at radius 3 is 2.56 bits per heavy atom. The zero-order chi connectivity index (χ0) is 17.6. The molecule has 1 atom stereocenters. The summed E-state index contributed by atoms with van der Waals surface area (Å²) in [7, 11) is 1.91. The fourth-order valence-corrected chi connectivity index (χ4v) is 3.12. The SMILES string of the molecule is Cn1ccnc1CNC(=O)C[C@@H](c1ccccc1)c1ccccc1Cl. The summed E-state index contributed by atoms with van der Waals surface area (Å²) in [6.45, 7) is 0.409. The number of nitrogens with one attached hydrogen (secondary N) is 1. The Morgan fingerprint density at radius 1 is 1.16 bits per heavy atom. The van der Waals surface area contributed by atoms with Gasteiger partial charge in [-0.15, -0.1) is 0 Å². The van der Waals surface area contributed by atoms with Crippen LogP contribution in [0.4, 0.5) is 0 Å². The lowest BCUT2D eigenvalue weighted by Gasteiger charge is -2.19. The van der Waals surface area contributed by atoms with Gasteiger partial charge in [0.2, 0.25) is 5.91 Å². The largest absolute Gasteiger partial charge is 0.349 e. The standard InChI is InChI=1S/C20H20ClN3O/c1-24-12-11-22-19(24)14-23-20(25)13-17(15-7-3-2-4-8-15)16-9-5-6-10-18(16)21/h2-12,17H,13-14H2,1H3,(H,23,25)/t17-/m0/s1. The monoisotopic (exact) mass is 353 g/mol. The van der Waals surface area contributed by atoms with Crippen molar-refractivity contribution in [1.29, 1.82) is 0 Å². The molecule has 0 unspecified atom stereocenters. The van der Waals surface area contributed by atoms with E-state index in [1.54, 1.807) is 6.20 Å². The molecule has 1 heterocycles. The molecule has 0 radical (unpaired) electrons. The van der Waals surface area contributed by atoms with Gasteiger partial charge in [-0.3, -0.25) is 4.79 Å². The highest BCUT2D eigenvalue weighted by Crippen LogP contribution is 2.32. The summed E-state index contributed by atoms with van der Waals surface area (Å²) < 4.78 is 1.89. The minimum absolute atomic E-state index is 0.0308. The fourth-order valence-electron chi connectivity index (χ4n) is 2.85. The molecule has 1 N–H and O–H groups in total. The average molecular weight is 354 g/mol. The van der Waals surface area contributed by atoms with Gasteiger partial charge >= 0.3 is 0 Å². The van der Waals surface area contributed by atoms with Crippen LogP contribution in [-0.2, 0) is 18.4 Å². The highest BCUT2D eigenvalue weighted by Gasteiger charge is 2.20. The number of hydrogen-bond acceptors (Lipinski definition) is 2. The van der Waals surface area contributed by atoms with Crippen LogP contribution in [0, 0.1) is 0 Å². The lowest BCUT2D eigenvalue weighted by molar-refractivity contribution is -0.121. The number of hydrogen-bond donors (Lipinski definition) is 1. The molecule has 5 heteroatoms. The van der Waals surface area contributed by atoms with E-state index in [-0.39, 0.29) is 11.8 Å². The van der Waals surface area contributed by atoms with Crippen LogP contribution in [0.25, 0.3) is 0 Å². The molecule has 1 aromatic heterocycles. The van der Waals surface area contributed by atoms with Gasteiger partial charge in [-0.1, -0.05) is 60.1 Å². The minimum Gasteiger partial charge on any atom is -0.349 e. The van der Waals surface area contributed by atoms with Crippen molar-refractivity contribution in [3.63, 3.8) is 0 Å². The van der Waals surface area contributed by atoms with Crippen molar-refractivity contribution in [2.24, 2.45) is 7.05 Å². The first kappa shape index (κ1) is 17.2. The number of aromatic nitrogens is 2. The molecule has 0 fully saturated rings. The first-order valence-electron chi connectivity index (χ1n) is 8.17. The maximum atomic E-state index is 12.5. The summed E-state index contributed by atoms with van der Waals surface area (Å²) in [6, 6.07) is 17.7. The number of amides is 1. The van der Waals surface area contributed by atoms with Gasteiger partial charge in [0, 0.05) is 36.8 Å². The summed E-state index contributed by atoms with van der Waals surface area (Å²) in [5.74, 6) is 0.704. The molecule has 4 nitrogen and oxygen atoms in total. The van der Waals surface area contributed by atoms with Gasteiger partial charge in [0.25, 0.3) is 0 Å². The van der Waals surface area contributed by atoms with Crippen LogP contribution in [0.5, 0.6) is 0 Å². The van der Waals surface area contributed by atoms with Crippen LogP contribution < -0.4 is 5.32 Å². The highest BCUT2D eigenvalue weighted by atomic mass is 35.5. The van der Waals surface area contributed by atoms with Crippen molar-refractivity contribution in [1.82, 2.24) is 14.9 Å². The molecule has 0 aliphatic rings. The normalized spacial score (nSPS) is 11.9. The lowest BCUT2D eigenvalue weighted by Crippen LogP contribution is -2.26. The number of halogens is 1. The van der Waals surface area contributed by atoms with Gasteiger partial charge in [-0.05, 0) is 17.2 Å². The molecular weight excluding hydrogens is 334 g/mol. The Balaban J connectivity index is 1.77. The molecule has 25 heavy (non-hydrogen) atoms. The van der Waals surface area contributed by atoms with E-state index >= 15 is 0 Å². The maximum absolute atomic E-state index is 12.5. The molecule has 0 saturated carbocycles. The van der Waals surface area contributed by atoms with Crippen LogP contribution >= 0.6 is 11.6 Å². The van der Waals surface area contributed by atoms with E-state index < -0.39 is 0 Å². The van der Waals surface area contributed by atoms with E-state index in [4.69, 9.17) is 11.6 Å². The van der Waals surface area contributed by atoms with Gasteiger partial charge in [-0.25, -0.2) is 4.98 Å². The second-order valence-corrected chi connectivity index (χ2v) is 6.33. The van der Waals surface area contributed by atoms with Crippen molar-refractivity contribution in [2.75, 3.05) is 0 Å². The van der Waals surface area contributed by atoms with Crippen LogP contribution in [0.1, 0.15) is 29.3 Å². The predicted octanol–water partition coefficient (Wildman–Crippen LogP) is 3.91. The predicted molar refractivity (Wildman–Crippen MR) is 99.4 cm³/mol.